The topological polar surface area (TPSA) is 90.4 Å². The first-order valence-electron chi connectivity index (χ1n) is 9.33. The van der Waals surface area contributed by atoms with Gasteiger partial charge in [-0.1, -0.05) is 29.4 Å². The number of fused-ring (bicyclic) bond motifs is 1. The fourth-order valence-electron chi connectivity index (χ4n) is 3.00. The van der Waals surface area contributed by atoms with Crippen LogP contribution in [0.25, 0.3) is 11.0 Å². The quantitative estimate of drug-likeness (QED) is 0.232. The Kier molecular flexibility index (Phi) is 6.29. The van der Waals surface area contributed by atoms with Gasteiger partial charge < -0.3 is 14.3 Å². The molecule has 0 saturated carbocycles. The van der Waals surface area contributed by atoms with E-state index in [0.717, 1.165) is 10.9 Å². The first-order chi connectivity index (χ1) is 15.0. The normalized spacial score (nSPS) is 11.0. The van der Waals surface area contributed by atoms with Gasteiger partial charge in [-0.2, -0.15) is 0 Å². The monoisotopic (exact) mass is 455 g/mol. The summed E-state index contributed by atoms with van der Waals surface area (Å²) in [6.07, 6.45) is 1.76. The zero-order valence-corrected chi connectivity index (χ0v) is 17.9. The largest absolute Gasteiger partial charge is 0.508 e. The van der Waals surface area contributed by atoms with Gasteiger partial charge >= 0.3 is 5.63 Å². The van der Waals surface area contributed by atoms with Crippen molar-refractivity contribution < 1.29 is 14.3 Å². The number of hydrogen-bond acceptors (Lipinski definition) is 7. The third-order valence-corrected chi connectivity index (χ3v) is 5.72. The van der Waals surface area contributed by atoms with E-state index in [1.807, 2.05) is 4.57 Å². The lowest BCUT2D eigenvalue weighted by Crippen LogP contribution is -2.07. The molecule has 31 heavy (non-hydrogen) atoms. The Bertz CT molecular complexity index is 1280. The molecule has 0 unspecified atom stereocenters. The van der Waals surface area contributed by atoms with Crippen LogP contribution in [0.3, 0.4) is 0 Å². The number of halogens is 1. The molecule has 7 nitrogen and oxygen atoms in total. The molecular weight excluding hydrogens is 438 g/mol. The highest BCUT2D eigenvalue weighted by molar-refractivity contribution is 7.98. The van der Waals surface area contributed by atoms with E-state index in [1.165, 1.54) is 23.9 Å². The molecule has 2 heterocycles. The molecule has 0 amide bonds. The van der Waals surface area contributed by atoms with Crippen LogP contribution < -0.4 is 10.4 Å². The number of allylic oxidation sites excluding steroid dienone is 1. The van der Waals surface area contributed by atoms with Crippen LogP contribution >= 0.6 is 23.4 Å². The molecule has 0 atom stereocenters. The molecule has 9 heteroatoms. The van der Waals surface area contributed by atoms with Crippen molar-refractivity contribution in [3.8, 4) is 11.5 Å². The molecule has 0 fully saturated rings. The maximum atomic E-state index is 11.9. The van der Waals surface area contributed by atoms with Crippen LogP contribution in [-0.4, -0.2) is 19.9 Å². The van der Waals surface area contributed by atoms with Gasteiger partial charge in [0.25, 0.3) is 0 Å². The summed E-state index contributed by atoms with van der Waals surface area (Å²) in [6, 6.07) is 13.3. The van der Waals surface area contributed by atoms with Crippen molar-refractivity contribution in [3.63, 3.8) is 0 Å². The number of aromatic nitrogens is 3. The van der Waals surface area contributed by atoms with Gasteiger partial charge in [-0.15, -0.1) is 16.8 Å². The second-order valence-corrected chi connectivity index (χ2v) is 7.98. The van der Waals surface area contributed by atoms with Crippen molar-refractivity contribution in [2.75, 3.05) is 0 Å². The fraction of sp³-hybridized carbons (Fsp3) is 0.136. The van der Waals surface area contributed by atoms with Gasteiger partial charge in [-0.05, 0) is 42.0 Å². The van der Waals surface area contributed by atoms with Gasteiger partial charge in [-0.25, -0.2) is 4.79 Å². The number of rotatable bonds is 8. The summed E-state index contributed by atoms with van der Waals surface area (Å²) in [4.78, 5) is 11.9. The predicted octanol–water partition coefficient (Wildman–Crippen LogP) is 4.80. The standard InChI is InChI=1S/C22H18ClN3O4S/c1-2-9-26-20(12-29-17-6-3-15(23)4-7-17)24-25-22(26)31-13-14-10-21(28)30-19-11-16(27)5-8-18(14)19/h2-8,10-11,27H,1,9,12-13H2. The van der Waals surface area contributed by atoms with E-state index >= 15 is 0 Å². The van der Waals surface area contributed by atoms with Crippen LogP contribution in [0.5, 0.6) is 11.5 Å². The molecule has 2 aromatic heterocycles. The molecule has 0 aliphatic heterocycles. The Balaban J connectivity index is 1.54. The zero-order chi connectivity index (χ0) is 21.8. The van der Waals surface area contributed by atoms with Gasteiger partial charge in [0.2, 0.25) is 0 Å². The van der Waals surface area contributed by atoms with Crippen LogP contribution in [0.2, 0.25) is 5.02 Å². The smallest absolute Gasteiger partial charge is 0.336 e. The Morgan fingerprint density at radius 1 is 1.19 bits per heavy atom. The number of hydrogen-bond donors (Lipinski definition) is 1. The summed E-state index contributed by atoms with van der Waals surface area (Å²) >= 11 is 7.34. The molecule has 0 aliphatic rings. The van der Waals surface area contributed by atoms with Crippen molar-refractivity contribution in [3.05, 3.63) is 88.0 Å². The van der Waals surface area contributed by atoms with Gasteiger partial charge in [0, 0.05) is 34.8 Å². The summed E-state index contributed by atoms with van der Waals surface area (Å²) in [5, 5.41) is 20.2. The highest BCUT2D eigenvalue weighted by Crippen LogP contribution is 2.28. The van der Waals surface area contributed by atoms with E-state index in [4.69, 9.17) is 20.8 Å². The van der Waals surface area contributed by atoms with Crippen LogP contribution in [0.1, 0.15) is 11.4 Å². The maximum Gasteiger partial charge on any atom is 0.336 e. The summed E-state index contributed by atoms with van der Waals surface area (Å²) in [6.45, 7) is 4.56. The molecular formula is C22H18ClN3O4S. The van der Waals surface area contributed by atoms with Gasteiger partial charge in [0.05, 0.1) is 0 Å². The number of phenols is 1. The van der Waals surface area contributed by atoms with E-state index in [1.54, 1.807) is 42.5 Å². The Morgan fingerprint density at radius 2 is 2.00 bits per heavy atom. The molecule has 4 aromatic rings. The van der Waals surface area contributed by atoms with Crippen molar-refractivity contribution >= 4 is 34.3 Å². The number of nitrogens with zero attached hydrogens (tertiary/aromatic N) is 3. The third kappa shape index (κ3) is 4.92. The van der Waals surface area contributed by atoms with E-state index in [2.05, 4.69) is 16.8 Å². The summed E-state index contributed by atoms with van der Waals surface area (Å²) in [7, 11) is 0. The van der Waals surface area contributed by atoms with E-state index in [-0.39, 0.29) is 12.4 Å². The summed E-state index contributed by atoms with van der Waals surface area (Å²) in [5.74, 6) is 1.84. The molecule has 158 valence electrons. The minimum atomic E-state index is -0.474. The minimum absolute atomic E-state index is 0.0384. The molecule has 0 bridgehead atoms. The van der Waals surface area contributed by atoms with Gasteiger partial charge in [-0.3, -0.25) is 4.57 Å². The van der Waals surface area contributed by atoms with Crippen LogP contribution in [0.15, 0.2) is 75.6 Å². The lowest BCUT2D eigenvalue weighted by molar-refractivity contribution is 0.289. The van der Waals surface area contributed by atoms with E-state index < -0.39 is 5.63 Å². The minimum Gasteiger partial charge on any atom is -0.508 e. The second-order valence-electron chi connectivity index (χ2n) is 6.60. The highest BCUT2D eigenvalue weighted by Gasteiger charge is 2.14. The molecule has 2 aromatic carbocycles. The predicted molar refractivity (Wildman–Crippen MR) is 120 cm³/mol. The van der Waals surface area contributed by atoms with Crippen LogP contribution in [0, 0.1) is 0 Å². The molecule has 0 spiro atoms. The molecule has 0 aliphatic carbocycles. The first kappa shape index (κ1) is 21.0. The van der Waals surface area contributed by atoms with Gasteiger partial charge in [0.1, 0.15) is 23.7 Å². The number of aromatic hydroxyl groups is 1. The van der Waals surface area contributed by atoms with Crippen LogP contribution in [0.4, 0.5) is 0 Å². The summed E-state index contributed by atoms with van der Waals surface area (Å²) < 4.78 is 12.9. The average molecular weight is 456 g/mol. The molecule has 0 saturated heterocycles. The van der Waals surface area contributed by atoms with E-state index in [9.17, 15) is 9.90 Å². The Morgan fingerprint density at radius 3 is 2.77 bits per heavy atom. The number of thioether (sulfide) groups is 1. The SMILES string of the molecule is C=CCn1c(COc2ccc(Cl)cc2)nnc1SCc1cc(=O)oc2cc(O)ccc12. The zero-order valence-electron chi connectivity index (χ0n) is 16.3. The molecule has 1 N–H and O–H groups in total. The number of benzene rings is 2. The third-order valence-electron chi connectivity index (χ3n) is 4.46. The van der Waals surface area contributed by atoms with E-state index in [0.29, 0.717) is 39.6 Å². The number of phenolic OH excluding ortho intramolecular Hbond substituents is 1. The fourth-order valence-corrected chi connectivity index (χ4v) is 4.09. The lowest BCUT2D eigenvalue weighted by atomic mass is 10.1. The first-order valence-corrected chi connectivity index (χ1v) is 10.7. The maximum absolute atomic E-state index is 11.9. The number of ether oxygens (including phenoxy) is 1. The molecule has 0 radical (unpaired) electrons. The van der Waals surface area contributed by atoms with Crippen molar-refractivity contribution in [1.29, 1.82) is 0 Å². The van der Waals surface area contributed by atoms with Crippen molar-refractivity contribution in [2.45, 2.75) is 24.1 Å². The molecule has 4 rings (SSSR count). The second kappa shape index (κ2) is 9.28. The van der Waals surface area contributed by atoms with Crippen molar-refractivity contribution in [2.24, 2.45) is 0 Å². The van der Waals surface area contributed by atoms with Crippen LogP contribution in [-0.2, 0) is 18.9 Å². The summed E-state index contributed by atoms with van der Waals surface area (Å²) in [5.41, 5.74) is 0.648. The average Bonchev–Trinajstić information content (AvgIpc) is 3.13. The van der Waals surface area contributed by atoms with Crippen molar-refractivity contribution in [1.82, 2.24) is 14.8 Å². The lowest BCUT2D eigenvalue weighted by Gasteiger charge is -2.10. The highest BCUT2D eigenvalue weighted by atomic mass is 35.5. The Hall–Kier alpha value is -3.23. The Labute approximate surface area is 186 Å². The van der Waals surface area contributed by atoms with Gasteiger partial charge in [0.15, 0.2) is 11.0 Å².